The van der Waals surface area contributed by atoms with Gasteiger partial charge in [-0.2, -0.15) is 0 Å². The normalized spacial score (nSPS) is 19.3. The largest absolute Gasteiger partial charge is 0.507 e. The molecule has 6 heteroatoms. The number of nitrogens with zero attached hydrogens (tertiary/aromatic N) is 3. The van der Waals surface area contributed by atoms with E-state index in [2.05, 4.69) is 4.90 Å². The quantitative estimate of drug-likeness (QED) is 0.895. The van der Waals surface area contributed by atoms with Crippen LogP contribution in [0.25, 0.3) is 0 Å². The lowest BCUT2D eigenvalue weighted by atomic mass is 10.1. The fourth-order valence-electron chi connectivity index (χ4n) is 3.71. The number of piperazine rings is 1. The highest BCUT2D eigenvalue weighted by Crippen LogP contribution is 2.21. The molecule has 2 fully saturated rings. The van der Waals surface area contributed by atoms with E-state index in [4.69, 9.17) is 0 Å². The average molecular weight is 359 g/mol. The van der Waals surface area contributed by atoms with Gasteiger partial charge < -0.3 is 14.9 Å². The van der Waals surface area contributed by atoms with Gasteiger partial charge in [0.25, 0.3) is 5.91 Å². The number of hydrogen-bond acceptors (Lipinski definition) is 4. The Kier molecular flexibility index (Phi) is 6.14. The number of carbonyl (C=O) groups excluding carboxylic acids is 2. The number of likely N-dealkylation sites (tertiary alicyclic amines) is 1. The lowest BCUT2D eigenvalue weighted by molar-refractivity contribution is -0.132. The first-order valence-electron chi connectivity index (χ1n) is 9.63. The van der Waals surface area contributed by atoms with Crippen LogP contribution in [-0.4, -0.2) is 77.4 Å². The molecule has 0 atom stereocenters. The van der Waals surface area contributed by atoms with Gasteiger partial charge in [-0.3, -0.25) is 14.5 Å². The summed E-state index contributed by atoms with van der Waals surface area (Å²) in [5.41, 5.74) is 1.31. The summed E-state index contributed by atoms with van der Waals surface area (Å²) in [5, 5.41) is 9.97. The van der Waals surface area contributed by atoms with E-state index in [1.165, 1.54) is 12.8 Å². The van der Waals surface area contributed by atoms with E-state index in [1.54, 1.807) is 23.1 Å². The van der Waals surface area contributed by atoms with Crippen LogP contribution >= 0.6 is 0 Å². The monoisotopic (exact) mass is 359 g/mol. The van der Waals surface area contributed by atoms with Crippen LogP contribution in [0.5, 0.6) is 5.75 Å². The number of amides is 2. The van der Waals surface area contributed by atoms with Crippen molar-refractivity contribution in [2.75, 3.05) is 45.8 Å². The van der Waals surface area contributed by atoms with Gasteiger partial charge in [-0.05, 0) is 31.9 Å². The summed E-state index contributed by atoms with van der Waals surface area (Å²) in [7, 11) is 0. The fourth-order valence-corrected chi connectivity index (χ4v) is 3.71. The van der Waals surface area contributed by atoms with Gasteiger partial charge in [0.1, 0.15) is 5.75 Å². The van der Waals surface area contributed by atoms with Crippen molar-refractivity contribution in [3.63, 3.8) is 0 Å². The molecule has 142 valence electrons. The molecule has 2 saturated heterocycles. The van der Waals surface area contributed by atoms with Gasteiger partial charge in [0.2, 0.25) is 5.91 Å². The summed E-state index contributed by atoms with van der Waals surface area (Å²) in [6.45, 7) is 6.66. The maximum Gasteiger partial charge on any atom is 0.257 e. The smallest absolute Gasteiger partial charge is 0.257 e. The van der Waals surface area contributed by atoms with Gasteiger partial charge in [-0.1, -0.05) is 24.5 Å². The molecule has 2 aliphatic rings. The van der Waals surface area contributed by atoms with Crippen molar-refractivity contribution in [3.05, 3.63) is 29.3 Å². The lowest BCUT2D eigenvalue weighted by Crippen LogP contribution is -2.51. The van der Waals surface area contributed by atoms with E-state index in [0.29, 0.717) is 38.3 Å². The predicted octanol–water partition coefficient (Wildman–Crippen LogP) is 1.86. The maximum absolute atomic E-state index is 12.7. The molecule has 26 heavy (non-hydrogen) atoms. The van der Waals surface area contributed by atoms with Gasteiger partial charge in [0.15, 0.2) is 0 Å². The van der Waals surface area contributed by atoms with Gasteiger partial charge in [-0.25, -0.2) is 0 Å². The van der Waals surface area contributed by atoms with E-state index >= 15 is 0 Å². The maximum atomic E-state index is 12.7. The van der Waals surface area contributed by atoms with Crippen LogP contribution in [0.2, 0.25) is 0 Å². The van der Waals surface area contributed by atoms with Crippen LogP contribution < -0.4 is 0 Å². The van der Waals surface area contributed by atoms with Gasteiger partial charge in [0.05, 0.1) is 12.1 Å². The molecular weight excluding hydrogens is 330 g/mol. The van der Waals surface area contributed by atoms with E-state index in [9.17, 15) is 14.7 Å². The SMILES string of the molecule is Cc1ccc(O)c(C(=O)N2CCN(CC(=O)N3CCCCCC3)CC2)c1. The van der Waals surface area contributed by atoms with Crippen LogP contribution in [0.1, 0.15) is 41.6 Å². The molecular formula is C20H29N3O3. The van der Waals surface area contributed by atoms with E-state index in [-0.39, 0.29) is 17.6 Å². The Morgan fingerprint density at radius 3 is 2.23 bits per heavy atom. The van der Waals surface area contributed by atoms with Crippen molar-refractivity contribution in [2.45, 2.75) is 32.6 Å². The number of aromatic hydroxyl groups is 1. The zero-order valence-electron chi connectivity index (χ0n) is 15.6. The second-order valence-electron chi connectivity index (χ2n) is 7.38. The fraction of sp³-hybridized carbons (Fsp3) is 0.600. The van der Waals surface area contributed by atoms with Crippen molar-refractivity contribution in [2.24, 2.45) is 0 Å². The third-order valence-corrected chi connectivity index (χ3v) is 5.36. The molecule has 6 nitrogen and oxygen atoms in total. The molecule has 1 aromatic carbocycles. The minimum atomic E-state index is -0.135. The lowest BCUT2D eigenvalue weighted by Gasteiger charge is -2.35. The topological polar surface area (TPSA) is 64.1 Å². The first kappa shape index (κ1) is 18.7. The van der Waals surface area contributed by atoms with Crippen molar-refractivity contribution in [1.82, 2.24) is 14.7 Å². The molecule has 2 amide bonds. The molecule has 0 saturated carbocycles. The summed E-state index contributed by atoms with van der Waals surface area (Å²) in [6.07, 6.45) is 4.65. The number of benzene rings is 1. The number of phenols is 1. The molecule has 0 bridgehead atoms. The molecule has 1 N–H and O–H groups in total. The third kappa shape index (κ3) is 4.55. The summed E-state index contributed by atoms with van der Waals surface area (Å²) < 4.78 is 0. The Hall–Kier alpha value is -2.08. The zero-order chi connectivity index (χ0) is 18.5. The Balaban J connectivity index is 1.51. The predicted molar refractivity (Wildman–Crippen MR) is 100 cm³/mol. The van der Waals surface area contributed by atoms with E-state index in [0.717, 1.165) is 31.5 Å². The molecule has 0 unspecified atom stereocenters. The van der Waals surface area contributed by atoms with Crippen LogP contribution in [0, 0.1) is 6.92 Å². The highest BCUT2D eigenvalue weighted by molar-refractivity contribution is 5.97. The Morgan fingerprint density at radius 1 is 0.923 bits per heavy atom. The van der Waals surface area contributed by atoms with Crippen molar-refractivity contribution < 1.29 is 14.7 Å². The molecule has 0 radical (unpaired) electrons. The minimum Gasteiger partial charge on any atom is -0.507 e. The van der Waals surface area contributed by atoms with Crippen molar-refractivity contribution >= 4 is 11.8 Å². The summed E-state index contributed by atoms with van der Waals surface area (Å²) >= 11 is 0. The molecule has 1 aromatic rings. The number of aryl methyl sites for hydroxylation is 1. The highest BCUT2D eigenvalue weighted by atomic mass is 16.3. The van der Waals surface area contributed by atoms with E-state index in [1.807, 2.05) is 11.8 Å². The minimum absolute atomic E-state index is 0.0272. The Morgan fingerprint density at radius 2 is 1.58 bits per heavy atom. The molecule has 3 rings (SSSR count). The Bertz CT molecular complexity index is 646. The second kappa shape index (κ2) is 8.54. The standard InChI is InChI=1S/C20H29N3O3/c1-16-6-7-18(24)17(14-16)20(26)23-12-10-21(11-13-23)15-19(25)22-8-4-2-3-5-9-22/h6-7,14,24H,2-5,8-13,15H2,1H3. The summed E-state index contributed by atoms with van der Waals surface area (Å²) in [4.78, 5) is 31.1. The van der Waals surface area contributed by atoms with E-state index < -0.39 is 0 Å². The highest BCUT2D eigenvalue weighted by Gasteiger charge is 2.26. The number of hydrogen-bond donors (Lipinski definition) is 1. The molecule has 0 aromatic heterocycles. The van der Waals surface area contributed by atoms with Crippen LogP contribution in [-0.2, 0) is 4.79 Å². The van der Waals surface area contributed by atoms with Gasteiger partial charge >= 0.3 is 0 Å². The van der Waals surface area contributed by atoms with Crippen molar-refractivity contribution in [3.8, 4) is 5.75 Å². The molecule has 2 heterocycles. The second-order valence-corrected chi connectivity index (χ2v) is 7.38. The first-order chi connectivity index (χ1) is 12.5. The molecule has 2 aliphatic heterocycles. The Labute approximate surface area is 155 Å². The molecule has 0 aliphatic carbocycles. The third-order valence-electron chi connectivity index (χ3n) is 5.36. The van der Waals surface area contributed by atoms with Crippen LogP contribution in [0.4, 0.5) is 0 Å². The number of rotatable bonds is 3. The van der Waals surface area contributed by atoms with Gasteiger partial charge in [-0.15, -0.1) is 0 Å². The first-order valence-corrected chi connectivity index (χ1v) is 9.63. The number of carbonyl (C=O) groups is 2. The summed E-state index contributed by atoms with van der Waals surface area (Å²) in [6, 6.07) is 5.09. The van der Waals surface area contributed by atoms with Crippen molar-refractivity contribution in [1.29, 1.82) is 0 Å². The zero-order valence-corrected chi connectivity index (χ0v) is 15.6. The number of phenolic OH excluding ortho intramolecular Hbond substituents is 1. The molecule has 0 spiro atoms. The summed E-state index contributed by atoms with van der Waals surface area (Å²) in [5.74, 6) is 0.104. The van der Waals surface area contributed by atoms with Crippen LogP contribution in [0.15, 0.2) is 18.2 Å². The van der Waals surface area contributed by atoms with Crippen LogP contribution in [0.3, 0.4) is 0 Å². The van der Waals surface area contributed by atoms with Gasteiger partial charge in [0, 0.05) is 39.3 Å². The average Bonchev–Trinajstić information content (AvgIpc) is 2.93.